The SMILES string of the molecule is c1ccc(-n2ccc3cc4ccc5c6ccccc6n(-c6cccc(-c7ccccn7)c6)c5c4cc32)cc1. The zero-order valence-corrected chi connectivity index (χ0v) is 20.6. The molecule has 0 amide bonds. The van der Waals surface area contributed by atoms with E-state index in [1.54, 1.807) is 0 Å². The van der Waals surface area contributed by atoms with E-state index in [0.717, 1.165) is 22.6 Å². The largest absolute Gasteiger partial charge is 0.317 e. The summed E-state index contributed by atoms with van der Waals surface area (Å²) in [5.41, 5.74) is 8.01. The van der Waals surface area contributed by atoms with Crippen molar-refractivity contribution in [1.29, 1.82) is 0 Å². The van der Waals surface area contributed by atoms with Gasteiger partial charge in [0.25, 0.3) is 0 Å². The van der Waals surface area contributed by atoms with E-state index in [1.807, 2.05) is 18.3 Å². The summed E-state index contributed by atoms with van der Waals surface area (Å²) in [6, 6.07) is 45.4. The predicted octanol–water partition coefficient (Wildman–Crippen LogP) is 8.94. The minimum Gasteiger partial charge on any atom is -0.317 e. The number of aromatic nitrogens is 3. The Morgan fingerprint density at radius 3 is 2.24 bits per heavy atom. The third-order valence-electron chi connectivity index (χ3n) is 7.56. The molecule has 0 radical (unpaired) electrons. The van der Waals surface area contributed by atoms with Crippen molar-refractivity contribution in [2.24, 2.45) is 0 Å². The van der Waals surface area contributed by atoms with Crippen LogP contribution in [0.1, 0.15) is 0 Å². The molecule has 0 unspecified atom stereocenters. The van der Waals surface area contributed by atoms with E-state index >= 15 is 0 Å². The Bertz CT molecular complexity index is 2120. The molecule has 0 atom stereocenters. The monoisotopic (exact) mass is 485 g/mol. The number of para-hydroxylation sites is 2. The summed E-state index contributed by atoms with van der Waals surface area (Å²) in [7, 11) is 0. The molecule has 0 aliphatic carbocycles. The zero-order valence-electron chi connectivity index (χ0n) is 20.6. The lowest BCUT2D eigenvalue weighted by atomic mass is 10.0. The summed E-state index contributed by atoms with van der Waals surface area (Å²) in [5.74, 6) is 0. The summed E-state index contributed by atoms with van der Waals surface area (Å²) in [6.07, 6.45) is 4.02. The Morgan fingerprint density at radius 2 is 1.34 bits per heavy atom. The molecule has 0 saturated carbocycles. The molecule has 8 aromatic rings. The quantitative estimate of drug-likeness (QED) is 0.245. The third kappa shape index (κ3) is 3.12. The van der Waals surface area contributed by atoms with Crippen molar-refractivity contribution in [3.8, 4) is 22.6 Å². The molecule has 3 nitrogen and oxygen atoms in total. The Balaban J connectivity index is 1.48. The van der Waals surface area contributed by atoms with E-state index in [9.17, 15) is 0 Å². The summed E-state index contributed by atoms with van der Waals surface area (Å²) < 4.78 is 4.70. The summed E-state index contributed by atoms with van der Waals surface area (Å²) in [4.78, 5) is 4.60. The summed E-state index contributed by atoms with van der Waals surface area (Å²) in [6.45, 7) is 0. The van der Waals surface area contributed by atoms with Crippen LogP contribution in [0.15, 0.2) is 140 Å². The van der Waals surface area contributed by atoms with Gasteiger partial charge in [0.15, 0.2) is 0 Å². The highest BCUT2D eigenvalue weighted by atomic mass is 15.0. The molecular formula is C35H23N3. The Morgan fingerprint density at radius 1 is 0.500 bits per heavy atom. The molecular weight excluding hydrogens is 462 g/mol. The molecule has 3 aromatic heterocycles. The van der Waals surface area contributed by atoms with Crippen molar-refractivity contribution < 1.29 is 0 Å². The van der Waals surface area contributed by atoms with E-state index in [4.69, 9.17) is 0 Å². The first-order chi connectivity index (χ1) is 18.8. The highest BCUT2D eigenvalue weighted by Crippen LogP contribution is 2.38. The number of rotatable bonds is 3. The number of hydrogen-bond donors (Lipinski definition) is 0. The minimum absolute atomic E-state index is 0.974. The Kier molecular flexibility index (Phi) is 4.52. The van der Waals surface area contributed by atoms with Crippen LogP contribution in [0.4, 0.5) is 0 Å². The maximum absolute atomic E-state index is 4.60. The molecule has 0 fully saturated rings. The molecule has 0 bridgehead atoms. The smallest absolute Gasteiger partial charge is 0.0702 e. The Hall–Kier alpha value is -5.15. The lowest BCUT2D eigenvalue weighted by molar-refractivity contribution is 1.13. The summed E-state index contributed by atoms with van der Waals surface area (Å²) >= 11 is 0. The number of fused-ring (bicyclic) bond motifs is 6. The number of nitrogens with zero attached hydrogens (tertiary/aromatic N) is 3. The fourth-order valence-corrected chi connectivity index (χ4v) is 5.83. The van der Waals surface area contributed by atoms with Crippen LogP contribution in [-0.2, 0) is 0 Å². The molecule has 0 aliphatic rings. The predicted molar refractivity (Wildman–Crippen MR) is 158 cm³/mol. The normalized spacial score (nSPS) is 11.7. The number of benzene rings is 5. The molecule has 8 rings (SSSR count). The number of hydrogen-bond acceptors (Lipinski definition) is 1. The van der Waals surface area contributed by atoms with Crippen LogP contribution in [0.3, 0.4) is 0 Å². The van der Waals surface area contributed by atoms with Crippen LogP contribution in [0.2, 0.25) is 0 Å². The van der Waals surface area contributed by atoms with Gasteiger partial charge in [0.05, 0.1) is 22.2 Å². The number of pyridine rings is 1. The average Bonchev–Trinajstić information content (AvgIpc) is 3.56. The lowest BCUT2D eigenvalue weighted by Gasteiger charge is -2.12. The van der Waals surface area contributed by atoms with Gasteiger partial charge in [-0.2, -0.15) is 0 Å². The molecule has 0 spiro atoms. The van der Waals surface area contributed by atoms with Gasteiger partial charge in [-0.25, -0.2) is 0 Å². The molecule has 5 aromatic carbocycles. The minimum atomic E-state index is 0.974. The topological polar surface area (TPSA) is 22.8 Å². The highest BCUT2D eigenvalue weighted by molar-refractivity contribution is 6.20. The van der Waals surface area contributed by atoms with Gasteiger partial charge >= 0.3 is 0 Å². The van der Waals surface area contributed by atoms with Crippen molar-refractivity contribution in [3.63, 3.8) is 0 Å². The van der Waals surface area contributed by atoms with Crippen LogP contribution in [0.25, 0.3) is 66.1 Å². The molecule has 3 heteroatoms. The molecule has 0 aliphatic heterocycles. The van der Waals surface area contributed by atoms with Crippen molar-refractivity contribution >= 4 is 43.5 Å². The van der Waals surface area contributed by atoms with Gasteiger partial charge in [0.1, 0.15) is 0 Å². The van der Waals surface area contributed by atoms with Gasteiger partial charge in [0, 0.05) is 50.9 Å². The molecule has 38 heavy (non-hydrogen) atoms. The first-order valence-electron chi connectivity index (χ1n) is 12.9. The Labute approximate surface area is 219 Å². The van der Waals surface area contributed by atoms with E-state index < -0.39 is 0 Å². The van der Waals surface area contributed by atoms with Crippen molar-refractivity contribution in [2.45, 2.75) is 0 Å². The van der Waals surface area contributed by atoms with Gasteiger partial charge in [0.2, 0.25) is 0 Å². The van der Waals surface area contributed by atoms with E-state index in [1.165, 1.54) is 43.5 Å². The third-order valence-corrected chi connectivity index (χ3v) is 7.56. The first kappa shape index (κ1) is 21.0. The van der Waals surface area contributed by atoms with Crippen LogP contribution in [0, 0.1) is 0 Å². The maximum atomic E-state index is 4.60. The molecule has 0 N–H and O–H groups in total. The zero-order chi connectivity index (χ0) is 25.1. The average molecular weight is 486 g/mol. The van der Waals surface area contributed by atoms with Crippen LogP contribution < -0.4 is 0 Å². The lowest BCUT2D eigenvalue weighted by Crippen LogP contribution is -1.96. The van der Waals surface area contributed by atoms with Gasteiger partial charge in [-0.3, -0.25) is 4.98 Å². The van der Waals surface area contributed by atoms with E-state index in [-0.39, 0.29) is 0 Å². The standard InChI is InChI=1S/C35H23N3/c1-2-10-27(11-3-1)37-20-18-26-21-24-16-17-30-29-13-4-5-15-33(29)38(35(30)31(24)23-34(26)37)28-12-8-9-25(22-28)32-14-6-7-19-36-32/h1-23H. The van der Waals surface area contributed by atoms with Crippen LogP contribution >= 0.6 is 0 Å². The van der Waals surface area contributed by atoms with E-state index in [0.29, 0.717) is 0 Å². The van der Waals surface area contributed by atoms with E-state index in [2.05, 4.69) is 136 Å². The van der Waals surface area contributed by atoms with Crippen molar-refractivity contribution in [2.75, 3.05) is 0 Å². The second kappa shape index (κ2) is 8.19. The highest BCUT2D eigenvalue weighted by Gasteiger charge is 2.16. The second-order valence-electron chi connectivity index (χ2n) is 9.73. The van der Waals surface area contributed by atoms with Gasteiger partial charge in [-0.15, -0.1) is 0 Å². The fraction of sp³-hybridized carbons (Fsp3) is 0. The van der Waals surface area contributed by atoms with Gasteiger partial charge < -0.3 is 9.13 Å². The molecule has 178 valence electrons. The first-order valence-corrected chi connectivity index (χ1v) is 12.9. The van der Waals surface area contributed by atoms with Crippen LogP contribution in [-0.4, -0.2) is 14.1 Å². The van der Waals surface area contributed by atoms with Crippen molar-refractivity contribution in [3.05, 3.63) is 140 Å². The van der Waals surface area contributed by atoms with Crippen molar-refractivity contribution in [1.82, 2.24) is 14.1 Å². The molecule has 3 heterocycles. The molecule has 0 saturated heterocycles. The summed E-state index contributed by atoms with van der Waals surface area (Å²) in [5, 5.41) is 6.23. The fourth-order valence-electron chi connectivity index (χ4n) is 5.83. The second-order valence-corrected chi connectivity index (χ2v) is 9.73. The van der Waals surface area contributed by atoms with Gasteiger partial charge in [-0.05, 0) is 66.0 Å². The van der Waals surface area contributed by atoms with Gasteiger partial charge in [-0.1, -0.05) is 66.7 Å². The van der Waals surface area contributed by atoms with Crippen LogP contribution in [0.5, 0.6) is 0 Å². The maximum Gasteiger partial charge on any atom is 0.0702 e.